The molecular weight excluding hydrogens is 262 g/mol. The van der Waals surface area contributed by atoms with Gasteiger partial charge in [-0.1, -0.05) is 25.4 Å². The standard InChI is InChI=1S/C11H16ClNO3S/c1-7(2)6-17(15,16)13-10-5-9(12)4-8(3)11(10)14/h4-5,7,13-14H,6H2,1-3H3. The summed E-state index contributed by atoms with van der Waals surface area (Å²) in [7, 11) is -3.46. The lowest BCUT2D eigenvalue weighted by molar-refractivity contribution is 0.473. The number of phenolic OH excluding ortho intramolecular Hbond substituents is 1. The van der Waals surface area contributed by atoms with Gasteiger partial charge in [0.2, 0.25) is 10.0 Å². The van der Waals surface area contributed by atoms with Crippen molar-refractivity contribution in [1.29, 1.82) is 0 Å². The van der Waals surface area contributed by atoms with E-state index < -0.39 is 10.0 Å². The number of aromatic hydroxyl groups is 1. The van der Waals surface area contributed by atoms with Crippen LogP contribution in [0.1, 0.15) is 19.4 Å². The van der Waals surface area contributed by atoms with E-state index in [4.69, 9.17) is 11.6 Å². The van der Waals surface area contributed by atoms with Crippen molar-refractivity contribution in [3.8, 4) is 5.75 Å². The Morgan fingerprint density at radius 3 is 2.53 bits per heavy atom. The zero-order valence-corrected chi connectivity index (χ0v) is 11.6. The molecule has 0 spiro atoms. The average molecular weight is 278 g/mol. The first kappa shape index (κ1) is 14.1. The van der Waals surface area contributed by atoms with Crippen LogP contribution in [0.5, 0.6) is 5.75 Å². The fraction of sp³-hybridized carbons (Fsp3) is 0.455. The SMILES string of the molecule is Cc1cc(Cl)cc(NS(=O)(=O)CC(C)C)c1O. The molecule has 4 nitrogen and oxygen atoms in total. The number of anilines is 1. The number of sulfonamides is 1. The number of hydrogen-bond acceptors (Lipinski definition) is 3. The second-order valence-electron chi connectivity index (χ2n) is 4.40. The van der Waals surface area contributed by atoms with Gasteiger partial charge in [-0.25, -0.2) is 8.42 Å². The maximum absolute atomic E-state index is 11.7. The summed E-state index contributed by atoms with van der Waals surface area (Å²) in [6.07, 6.45) is 0. The van der Waals surface area contributed by atoms with Gasteiger partial charge in [-0.05, 0) is 30.5 Å². The minimum atomic E-state index is -3.46. The lowest BCUT2D eigenvalue weighted by Gasteiger charge is -2.12. The summed E-state index contributed by atoms with van der Waals surface area (Å²) < 4.78 is 25.8. The molecular formula is C11H16ClNO3S. The summed E-state index contributed by atoms with van der Waals surface area (Å²) in [5.74, 6) is -0.0884. The number of halogens is 1. The van der Waals surface area contributed by atoms with Crippen molar-refractivity contribution in [3.05, 3.63) is 22.7 Å². The van der Waals surface area contributed by atoms with E-state index in [1.807, 2.05) is 13.8 Å². The highest BCUT2D eigenvalue weighted by atomic mass is 35.5. The molecule has 0 fully saturated rings. The maximum Gasteiger partial charge on any atom is 0.233 e. The molecule has 0 radical (unpaired) electrons. The van der Waals surface area contributed by atoms with Crippen LogP contribution >= 0.6 is 11.6 Å². The third-order valence-electron chi connectivity index (χ3n) is 2.08. The molecule has 0 bridgehead atoms. The number of benzene rings is 1. The third-order valence-corrected chi connectivity index (χ3v) is 3.94. The van der Waals surface area contributed by atoms with Gasteiger partial charge in [0.1, 0.15) is 5.75 Å². The number of hydrogen-bond donors (Lipinski definition) is 2. The Morgan fingerprint density at radius 1 is 1.41 bits per heavy atom. The molecule has 0 heterocycles. The van der Waals surface area contributed by atoms with E-state index in [0.717, 1.165) is 0 Å². The fourth-order valence-corrected chi connectivity index (χ4v) is 3.19. The van der Waals surface area contributed by atoms with Crippen molar-refractivity contribution in [2.75, 3.05) is 10.5 Å². The molecule has 1 aromatic rings. The lowest BCUT2D eigenvalue weighted by atomic mass is 10.2. The van der Waals surface area contributed by atoms with E-state index >= 15 is 0 Å². The molecule has 0 unspecified atom stereocenters. The zero-order chi connectivity index (χ0) is 13.2. The van der Waals surface area contributed by atoms with Gasteiger partial charge in [-0.2, -0.15) is 0 Å². The van der Waals surface area contributed by atoms with Gasteiger partial charge in [0.25, 0.3) is 0 Å². The van der Waals surface area contributed by atoms with E-state index in [0.29, 0.717) is 10.6 Å². The summed E-state index contributed by atoms with van der Waals surface area (Å²) in [4.78, 5) is 0. The van der Waals surface area contributed by atoms with Crippen LogP contribution in [-0.4, -0.2) is 19.3 Å². The van der Waals surface area contributed by atoms with Crippen LogP contribution in [-0.2, 0) is 10.0 Å². The van der Waals surface area contributed by atoms with Crippen molar-refractivity contribution < 1.29 is 13.5 Å². The summed E-state index contributed by atoms with van der Waals surface area (Å²) in [6, 6.07) is 2.96. The summed E-state index contributed by atoms with van der Waals surface area (Å²) in [5, 5.41) is 10.1. The largest absolute Gasteiger partial charge is 0.505 e. The van der Waals surface area contributed by atoms with E-state index in [1.54, 1.807) is 13.0 Å². The van der Waals surface area contributed by atoms with Crippen LogP contribution in [0.4, 0.5) is 5.69 Å². The van der Waals surface area contributed by atoms with Crippen molar-refractivity contribution >= 4 is 27.3 Å². The maximum atomic E-state index is 11.7. The van der Waals surface area contributed by atoms with Crippen molar-refractivity contribution in [2.24, 2.45) is 5.92 Å². The molecule has 0 amide bonds. The number of phenols is 1. The van der Waals surface area contributed by atoms with Gasteiger partial charge in [0.15, 0.2) is 0 Å². The molecule has 1 aromatic carbocycles. The Balaban J connectivity index is 3.04. The minimum absolute atomic E-state index is 0.00198. The number of rotatable bonds is 4. The second-order valence-corrected chi connectivity index (χ2v) is 6.60. The highest BCUT2D eigenvalue weighted by Gasteiger charge is 2.16. The molecule has 96 valence electrons. The van der Waals surface area contributed by atoms with Gasteiger partial charge in [0.05, 0.1) is 11.4 Å². The number of nitrogens with one attached hydrogen (secondary N) is 1. The Bertz CT molecular complexity index is 512. The van der Waals surface area contributed by atoms with E-state index in [-0.39, 0.29) is 23.1 Å². The van der Waals surface area contributed by atoms with Crippen LogP contribution in [0, 0.1) is 12.8 Å². The smallest absolute Gasteiger partial charge is 0.233 e. The third kappa shape index (κ3) is 4.09. The highest BCUT2D eigenvalue weighted by Crippen LogP contribution is 2.31. The highest BCUT2D eigenvalue weighted by molar-refractivity contribution is 7.92. The Kier molecular flexibility index (Phi) is 4.27. The van der Waals surface area contributed by atoms with E-state index in [9.17, 15) is 13.5 Å². The van der Waals surface area contributed by atoms with Crippen LogP contribution in [0.25, 0.3) is 0 Å². The van der Waals surface area contributed by atoms with Crippen molar-refractivity contribution in [2.45, 2.75) is 20.8 Å². The lowest BCUT2D eigenvalue weighted by Crippen LogP contribution is -2.20. The molecule has 6 heteroatoms. The molecule has 0 saturated heterocycles. The molecule has 2 N–H and O–H groups in total. The zero-order valence-electron chi connectivity index (χ0n) is 9.99. The van der Waals surface area contributed by atoms with Crippen LogP contribution < -0.4 is 4.72 Å². The van der Waals surface area contributed by atoms with Crippen molar-refractivity contribution in [3.63, 3.8) is 0 Å². The van der Waals surface area contributed by atoms with Crippen LogP contribution in [0.2, 0.25) is 5.02 Å². The molecule has 0 aliphatic carbocycles. The van der Waals surface area contributed by atoms with Crippen LogP contribution in [0.15, 0.2) is 12.1 Å². The summed E-state index contributed by atoms with van der Waals surface area (Å²) in [6.45, 7) is 5.27. The molecule has 1 rings (SSSR count). The Hall–Kier alpha value is -0.940. The second kappa shape index (κ2) is 5.14. The van der Waals surface area contributed by atoms with Crippen LogP contribution in [0.3, 0.4) is 0 Å². The Labute approximate surface area is 107 Å². The first-order chi connectivity index (χ1) is 7.71. The van der Waals surface area contributed by atoms with Gasteiger partial charge in [-0.3, -0.25) is 4.72 Å². The van der Waals surface area contributed by atoms with E-state index in [2.05, 4.69) is 4.72 Å². The summed E-state index contributed by atoms with van der Waals surface area (Å²) in [5.41, 5.74) is 0.649. The monoisotopic (exact) mass is 277 g/mol. The molecule has 0 saturated carbocycles. The summed E-state index contributed by atoms with van der Waals surface area (Å²) >= 11 is 5.81. The predicted molar refractivity (Wildman–Crippen MR) is 70.1 cm³/mol. The van der Waals surface area contributed by atoms with Gasteiger partial charge in [-0.15, -0.1) is 0 Å². The fourth-order valence-electron chi connectivity index (χ4n) is 1.46. The molecule has 0 aromatic heterocycles. The van der Waals surface area contributed by atoms with Gasteiger partial charge < -0.3 is 5.11 Å². The minimum Gasteiger partial charge on any atom is -0.505 e. The van der Waals surface area contributed by atoms with Gasteiger partial charge >= 0.3 is 0 Å². The van der Waals surface area contributed by atoms with Gasteiger partial charge in [0, 0.05) is 5.02 Å². The topological polar surface area (TPSA) is 66.4 Å². The first-order valence-electron chi connectivity index (χ1n) is 5.21. The average Bonchev–Trinajstić information content (AvgIpc) is 2.10. The molecule has 17 heavy (non-hydrogen) atoms. The quantitative estimate of drug-likeness (QED) is 0.832. The first-order valence-corrected chi connectivity index (χ1v) is 7.24. The molecule has 0 atom stereocenters. The Morgan fingerprint density at radius 2 is 2.00 bits per heavy atom. The number of aryl methyl sites for hydroxylation is 1. The predicted octanol–water partition coefficient (Wildman–Crippen LogP) is 2.75. The normalized spacial score (nSPS) is 11.8. The van der Waals surface area contributed by atoms with E-state index in [1.165, 1.54) is 6.07 Å². The van der Waals surface area contributed by atoms with Crippen molar-refractivity contribution in [1.82, 2.24) is 0 Å². The molecule has 0 aliphatic rings. The molecule has 0 aliphatic heterocycles.